The Balaban J connectivity index is 1.41. The molecule has 1 aromatic carbocycles. The van der Waals surface area contributed by atoms with Crippen LogP contribution in [0.2, 0.25) is 0 Å². The van der Waals surface area contributed by atoms with Gasteiger partial charge in [-0.1, -0.05) is 12.1 Å². The third-order valence-corrected chi connectivity index (χ3v) is 4.89. The van der Waals surface area contributed by atoms with Crippen LogP contribution in [0.25, 0.3) is 0 Å². The average Bonchev–Trinajstić information content (AvgIpc) is 3.24. The van der Waals surface area contributed by atoms with Gasteiger partial charge in [0.25, 0.3) is 5.91 Å². The predicted octanol–water partition coefficient (Wildman–Crippen LogP) is 1.85. The fourth-order valence-electron chi connectivity index (χ4n) is 3.19. The summed E-state index contributed by atoms with van der Waals surface area (Å²) in [6, 6.07) is 6.00. The van der Waals surface area contributed by atoms with Crippen molar-refractivity contribution in [2.24, 2.45) is 0 Å². The summed E-state index contributed by atoms with van der Waals surface area (Å²) in [7, 11) is 0. The number of benzene rings is 1. The minimum absolute atomic E-state index is 0.0219. The van der Waals surface area contributed by atoms with Gasteiger partial charge in [0.15, 0.2) is 12.7 Å². The van der Waals surface area contributed by atoms with E-state index < -0.39 is 12.1 Å². The lowest BCUT2D eigenvalue weighted by molar-refractivity contribution is -0.164. The minimum atomic E-state index is -0.756. The number of rotatable bonds is 7. The Morgan fingerprint density at radius 1 is 1.25 bits per heavy atom. The Labute approximate surface area is 163 Å². The first-order valence-electron chi connectivity index (χ1n) is 9.57. The zero-order chi connectivity index (χ0) is 19.9. The number of amides is 1. The number of morpholine rings is 1. The first-order valence-corrected chi connectivity index (χ1v) is 9.57. The molecule has 2 aliphatic heterocycles. The molecule has 8 heteroatoms. The summed E-state index contributed by atoms with van der Waals surface area (Å²) in [6.45, 7) is 3.42. The molecule has 3 rings (SSSR count). The molecule has 2 heterocycles. The van der Waals surface area contributed by atoms with Gasteiger partial charge in [0.05, 0.1) is 25.9 Å². The summed E-state index contributed by atoms with van der Waals surface area (Å²) in [5.41, 5.74) is 0.798. The van der Waals surface area contributed by atoms with E-state index in [2.05, 4.69) is 0 Å². The van der Waals surface area contributed by atoms with Crippen molar-refractivity contribution < 1.29 is 32.9 Å². The van der Waals surface area contributed by atoms with Gasteiger partial charge in [-0.2, -0.15) is 0 Å². The topological polar surface area (TPSA) is 74.3 Å². The van der Waals surface area contributed by atoms with Crippen molar-refractivity contribution >= 4 is 11.9 Å². The number of ether oxygens (including phenoxy) is 4. The number of esters is 1. The Bertz CT molecular complexity index is 661. The van der Waals surface area contributed by atoms with E-state index in [0.29, 0.717) is 26.3 Å². The van der Waals surface area contributed by atoms with Gasteiger partial charge < -0.3 is 23.8 Å². The van der Waals surface area contributed by atoms with Crippen molar-refractivity contribution in [1.29, 1.82) is 0 Å². The maximum atomic E-state index is 13.1. The highest BCUT2D eigenvalue weighted by Gasteiger charge is 2.27. The van der Waals surface area contributed by atoms with Gasteiger partial charge in [-0.15, -0.1) is 0 Å². The van der Waals surface area contributed by atoms with Crippen LogP contribution in [0.5, 0.6) is 0 Å². The van der Waals surface area contributed by atoms with E-state index in [0.717, 1.165) is 25.0 Å². The van der Waals surface area contributed by atoms with Crippen LogP contribution in [0.15, 0.2) is 24.3 Å². The van der Waals surface area contributed by atoms with Crippen LogP contribution in [-0.2, 0) is 28.5 Å². The number of hydrogen-bond donors (Lipinski definition) is 0. The van der Waals surface area contributed by atoms with Gasteiger partial charge in [0.2, 0.25) is 0 Å². The summed E-state index contributed by atoms with van der Waals surface area (Å²) in [5.74, 6) is -1.19. The van der Waals surface area contributed by atoms with E-state index in [1.165, 1.54) is 12.1 Å². The van der Waals surface area contributed by atoms with Crippen molar-refractivity contribution in [3.8, 4) is 0 Å². The van der Waals surface area contributed by atoms with Crippen LogP contribution in [0.4, 0.5) is 4.39 Å². The zero-order valence-corrected chi connectivity index (χ0v) is 16.0. The van der Waals surface area contributed by atoms with E-state index >= 15 is 0 Å². The predicted molar refractivity (Wildman–Crippen MR) is 97.0 cm³/mol. The molecule has 2 fully saturated rings. The SMILES string of the molecule is CC(OCC1CCCO1)C(=O)OCC(=O)N1CCOC(c2ccc(F)cc2)C1. The molecule has 0 spiro atoms. The van der Waals surface area contributed by atoms with Crippen LogP contribution in [0, 0.1) is 5.82 Å². The lowest BCUT2D eigenvalue weighted by atomic mass is 10.1. The largest absolute Gasteiger partial charge is 0.454 e. The summed E-state index contributed by atoms with van der Waals surface area (Å²) in [5, 5.41) is 0. The zero-order valence-electron chi connectivity index (χ0n) is 16.0. The van der Waals surface area contributed by atoms with Crippen LogP contribution in [-0.4, -0.2) is 68.5 Å². The first-order chi connectivity index (χ1) is 13.5. The molecule has 1 aromatic rings. The Morgan fingerprint density at radius 2 is 2.04 bits per heavy atom. The summed E-state index contributed by atoms with van der Waals surface area (Å²) >= 11 is 0. The minimum Gasteiger partial charge on any atom is -0.454 e. The Hall–Kier alpha value is -2.03. The number of halogens is 1. The van der Waals surface area contributed by atoms with Crippen molar-refractivity contribution in [2.45, 2.75) is 38.1 Å². The Kier molecular flexibility index (Phi) is 7.36. The normalized spacial score (nSPS) is 23.4. The summed E-state index contributed by atoms with van der Waals surface area (Å²) in [6.07, 6.45) is 0.858. The lowest BCUT2D eigenvalue weighted by Gasteiger charge is -2.33. The molecule has 0 N–H and O–H groups in total. The second-order valence-corrected chi connectivity index (χ2v) is 6.97. The monoisotopic (exact) mass is 395 g/mol. The molecule has 1 amide bonds. The average molecular weight is 395 g/mol. The number of hydrogen-bond acceptors (Lipinski definition) is 6. The van der Waals surface area contributed by atoms with Crippen molar-refractivity contribution in [3.63, 3.8) is 0 Å². The number of carbonyl (C=O) groups excluding carboxylic acids is 2. The molecule has 3 atom stereocenters. The highest BCUT2D eigenvalue weighted by atomic mass is 19.1. The van der Waals surface area contributed by atoms with Gasteiger partial charge in [-0.25, -0.2) is 9.18 Å². The maximum Gasteiger partial charge on any atom is 0.335 e. The summed E-state index contributed by atoms with van der Waals surface area (Å²) < 4.78 is 34.8. The van der Waals surface area contributed by atoms with Gasteiger partial charge in [0.1, 0.15) is 11.9 Å². The second kappa shape index (κ2) is 9.95. The van der Waals surface area contributed by atoms with Gasteiger partial charge in [-0.05, 0) is 37.5 Å². The lowest BCUT2D eigenvalue weighted by Crippen LogP contribution is -2.44. The van der Waals surface area contributed by atoms with Crippen molar-refractivity contribution in [2.75, 3.05) is 39.5 Å². The van der Waals surface area contributed by atoms with E-state index in [-0.39, 0.29) is 30.5 Å². The van der Waals surface area contributed by atoms with E-state index in [9.17, 15) is 14.0 Å². The molecule has 2 aliphatic rings. The third-order valence-electron chi connectivity index (χ3n) is 4.89. The molecule has 0 bridgehead atoms. The molecule has 154 valence electrons. The molecule has 0 aliphatic carbocycles. The number of nitrogens with zero attached hydrogens (tertiary/aromatic N) is 1. The molecule has 0 radical (unpaired) electrons. The standard InChI is InChI=1S/C20H26FNO6/c1-14(27-12-17-3-2-9-25-17)20(24)28-13-19(23)22-8-10-26-18(11-22)15-4-6-16(21)7-5-15/h4-7,14,17-18H,2-3,8-13H2,1H3. The molecule has 28 heavy (non-hydrogen) atoms. The van der Waals surface area contributed by atoms with Gasteiger partial charge >= 0.3 is 5.97 Å². The van der Waals surface area contributed by atoms with Crippen LogP contribution < -0.4 is 0 Å². The van der Waals surface area contributed by atoms with Crippen molar-refractivity contribution in [1.82, 2.24) is 4.90 Å². The molecule has 3 unspecified atom stereocenters. The maximum absolute atomic E-state index is 13.1. The van der Waals surface area contributed by atoms with Gasteiger partial charge in [0, 0.05) is 13.2 Å². The molecule has 0 aromatic heterocycles. The fraction of sp³-hybridized carbons (Fsp3) is 0.600. The van der Waals surface area contributed by atoms with Crippen LogP contribution >= 0.6 is 0 Å². The van der Waals surface area contributed by atoms with Crippen LogP contribution in [0.1, 0.15) is 31.4 Å². The van der Waals surface area contributed by atoms with E-state index in [1.54, 1.807) is 24.0 Å². The van der Waals surface area contributed by atoms with E-state index in [4.69, 9.17) is 18.9 Å². The highest BCUT2D eigenvalue weighted by Crippen LogP contribution is 2.22. The molecule has 2 saturated heterocycles. The number of carbonyl (C=O) groups is 2. The Morgan fingerprint density at radius 3 is 2.75 bits per heavy atom. The van der Waals surface area contributed by atoms with Crippen molar-refractivity contribution in [3.05, 3.63) is 35.6 Å². The molecule has 7 nitrogen and oxygen atoms in total. The smallest absolute Gasteiger partial charge is 0.335 e. The summed E-state index contributed by atoms with van der Waals surface area (Å²) in [4.78, 5) is 26.0. The quantitative estimate of drug-likeness (QED) is 0.656. The van der Waals surface area contributed by atoms with E-state index in [1.807, 2.05) is 0 Å². The van der Waals surface area contributed by atoms with Gasteiger partial charge in [-0.3, -0.25) is 4.79 Å². The first kappa shape index (κ1) is 20.7. The molecular weight excluding hydrogens is 369 g/mol. The molecular formula is C20H26FNO6. The fourth-order valence-corrected chi connectivity index (χ4v) is 3.19. The van der Waals surface area contributed by atoms with Crippen LogP contribution in [0.3, 0.4) is 0 Å². The molecule has 0 saturated carbocycles. The highest BCUT2D eigenvalue weighted by molar-refractivity contribution is 5.82. The second-order valence-electron chi connectivity index (χ2n) is 6.97. The third kappa shape index (κ3) is 5.73.